The maximum absolute atomic E-state index is 6.18. The van der Waals surface area contributed by atoms with Crippen LogP contribution < -0.4 is 5.73 Å². The molecule has 2 heterocycles. The van der Waals surface area contributed by atoms with Crippen molar-refractivity contribution in [2.75, 3.05) is 32.7 Å². The third-order valence-electron chi connectivity index (χ3n) is 5.67. The highest BCUT2D eigenvalue weighted by Gasteiger charge is 2.40. The molecule has 2 aliphatic heterocycles. The van der Waals surface area contributed by atoms with Gasteiger partial charge in [0.1, 0.15) is 0 Å². The lowest BCUT2D eigenvalue weighted by atomic mass is 9.79. The summed E-state index contributed by atoms with van der Waals surface area (Å²) in [5, 5.41) is 0. The number of hydrogen-bond acceptors (Lipinski definition) is 3. The van der Waals surface area contributed by atoms with Crippen molar-refractivity contribution in [1.29, 1.82) is 0 Å². The summed E-state index contributed by atoms with van der Waals surface area (Å²) in [6.45, 7) is 6.05. The lowest BCUT2D eigenvalue weighted by molar-refractivity contribution is -0.0260. The number of rotatable bonds is 2. The Balaban J connectivity index is 1.68. The zero-order valence-corrected chi connectivity index (χ0v) is 11.7. The average molecular weight is 251 g/mol. The molecule has 1 saturated carbocycles. The Bertz CT molecular complexity index is 273. The second-order valence-corrected chi connectivity index (χ2v) is 6.62. The zero-order chi connectivity index (χ0) is 12.4. The van der Waals surface area contributed by atoms with Crippen LogP contribution in [-0.2, 0) is 0 Å². The van der Waals surface area contributed by atoms with Gasteiger partial charge in [-0.3, -0.25) is 9.80 Å². The third kappa shape index (κ3) is 2.33. The Labute approximate surface area is 112 Å². The van der Waals surface area contributed by atoms with Crippen LogP contribution in [0.25, 0.3) is 0 Å². The van der Waals surface area contributed by atoms with Crippen LogP contribution >= 0.6 is 0 Å². The molecule has 1 atom stereocenters. The van der Waals surface area contributed by atoms with Gasteiger partial charge < -0.3 is 5.73 Å². The first-order chi connectivity index (χ1) is 8.84. The number of piperidine rings is 1. The van der Waals surface area contributed by atoms with Gasteiger partial charge in [0.15, 0.2) is 0 Å². The summed E-state index contributed by atoms with van der Waals surface area (Å²) >= 11 is 0. The minimum atomic E-state index is 0.363. The van der Waals surface area contributed by atoms with Gasteiger partial charge in [0, 0.05) is 37.8 Å². The van der Waals surface area contributed by atoms with Crippen molar-refractivity contribution in [2.24, 2.45) is 5.73 Å². The molecule has 3 rings (SSSR count). The highest BCUT2D eigenvalue weighted by molar-refractivity contribution is 4.98. The molecule has 0 amide bonds. The van der Waals surface area contributed by atoms with Crippen LogP contribution in [0.4, 0.5) is 0 Å². The Morgan fingerprint density at radius 3 is 2.56 bits per heavy atom. The van der Waals surface area contributed by atoms with Crippen LogP contribution in [0.5, 0.6) is 0 Å². The van der Waals surface area contributed by atoms with Crippen molar-refractivity contribution in [3.05, 3.63) is 0 Å². The minimum absolute atomic E-state index is 0.363. The topological polar surface area (TPSA) is 32.5 Å². The molecule has 18 heavy (non-hydrogen) atoms. The number of nitrogens with two attached hydrogens (primary N) is 1. The van der Waals surface area contributed by atoms with Gasteiger partial charge in [0.2, 0.25) is 0 Å². The van der Waals surface area contributed by atoms with E-state index in [1.807, 2.05) is 0 Å². The molecule has 3 fully saturated rings. The SMILES string of the molecule is NCC1(N2CCN3CCCCC3C2)CCCCC1. The maximum atomic E-state index is 6.18. The predicted octanol–water partition coefficient (Wildman–Crippen LogP) is 1.82. The summed E-state index contributed by atoms with van der Waals surface area (Å²) in [5.41, 5.74) is 6.54. The Morgan fingerprint density at radius 1 is 0.944 bits per heavy atom. The van der Waals surface area contributed by atoms with Gasteiger partial charge in [-0.1, -0.05) is 25.7 Å². The van der Waals surface area contributed by atoms with E-state index in [4.69, 9.17) is 5.73 Å². The first kappa shape index (κ1) is 12.9. The van der Waals surface area contributed by atoms with Crippen LogP contribution in [0.3, 0.4) is 0 Å². The molecule has 3 nitrogen and oxygen atoms in total. The molecule has 2 saturated heterocycles. The Morgan fingerprint density at radius 2 is 1.78 bits per heavy atom. The first-order valence-corrected chi connectivity index (χ1v) is 8.03. The average Bonchev–Trinajstić information content (AvgIpc) is 2.47. The first-order valence-electron chi connectivity index (χ1n) is 8.03. The number of nitrogens with zero attached hydrogens (tertiary/aromatic N) is 2. The largest absolute Gasteiger partial charge is 0.329 e. The molecule has 0 radical (unpaired) electrons. The van der Waals surface area contributed by atoms with Crippen molar-refractivity contribution >= 4 is 0 Å². The standard InChI is InChI=1S/C15H29N3/c16-13-15(7-3-1-4-8-15)18-11-10-17-9-5-2-6-14(17)12-18/h14H,1-13,16H2. The minimum Gasteiger partial charge on any atom is -0.329 e. The van der Waals surface area contributed by atoms with Crippen LogP contribution in [0, 0.1) is 0 Å². The van der Waals surface area contributed by atoms with Crippen molar-refractivity contribution in [2.45, 2.75) is 62.9 Å². The highest BCUT2D eigenvalue weighted by Crippen LogP contribution is 2.35. The number of piperazine rings is 1. The molecule has 0 bridgehead atoms. The van der Waals surface area contributed by atoms with Crippen LogP contribution in [-0.4, -0.2) is 54.1 Å². The van der Waals surface area contributed by atoms with Gasteiger partial charge in [-0.15, -0.1) is 0 Å². The van der Waals surface area contributed by atoms with Crippen molar-refractivity contribution in [1.82, 2.24) is 9.80 Å². The van der Waals surface area contributed by atoms with E-state index in [1.54, 1.807) is 0 Å². The van der Waals surface area contributed by atoms with Gasteiger partial charge in [-0.05, 0) is 32.2 Å². The molecule has 1 aliphatic carbocycles. The second kappa shape index (κ2) is 5.48. The summed E-state index contributed by atoms with van der Waals surface area (Å²) in [6.07, 6.45) is 11.2. The second-order valence-electron chi connectivity index (χ2n) is 6.62. The summed E-state index contributed by atoms with van der Waals surface area (Å²) in [4.78, 5) is 5.51. The molecular formula is C15H29N3. The lowest BCUT2D eigenvalue weighted by Crippen LogP contribution is -2.64. The van der Waals surface area contributed by atoms with E-state index in [1.165, 1.54) is 77.5 Å². The van der Waals surface area contributed by atoms with Gasteiger partial charge in [-0.25, -0.2) is 0 Å². The Kier molecular flexibility index (Phi) is 3.92. The molecule has 0 aromatic carbocycles. The molecule has 0 aromatic heterocycles. The summed E-state index contributed by atoms with van der Waals surface area (Å²) in [5.74, 6) is 0. The van der Waals surface area contributed by atoms with Gasteiger partial charge in [-0.2, -0.15) is 0 Å². The fourth-order valence-electron chi connectivity index (χ4n) is 4.45. The predicted molar refractivity (Wildman–Crippen MR) is 75.7 cm³/mol. The van der Waals surface area contributed by atoms with E-state index < -0.39 is 0 Å². The molecule has 0 aromatic rings. The van der Waals surface area contributed by atoms with Crippen molar-refractivity contribution in [3.63, 3.8) is 0 Å². The fraction of sp³-hybridized carbons (Fsp3) is 1.00. The zero-order valence-electron chi connectivity index (χ0n) is 11.7. The van der Waals surface area contributed by atoms with Crippen molar-refractivity contribution in [3.8, 4) is 0 Å². The molecule has 104 valence electrons. The molecule has 1 unspecified atom stereocenters. The van der Waals surface area contributed by atoms with Gasteiger partial charge >= 0.3 is 0 Å². The molecule has 2 N–H and O–H groups in total. The van der Waals surface area contributed by atoms with E-state index >= 15 is 0 Å². The normalized spacial score (nSPS) is 34.2. The smallest absolute Gasteiger partial charge is 0.0332 e. The van der Waals surface area contributed by atoms with Crippen LogP contribution in [0.1, 0.15) is 51.4 Å². The third-order valence-corrected chi connectivity index (χ3v) is 5.67. The monoisotopic (exact) mass is 251 g/mol. The van der Waals surface area contributed by atoms with E-state index in [-0.39, 0.29) is 0 Å². The molecule has 3 heteroatoms. The molecular weight excluding hydrogens is 222 g/mol. The van der Waals surface area contributed by atoms with Crippen LogP contribution in [0.2, 0.25) is 0 Å². The Hall–Kier alpha value is -0.120. The summed E-state index contributed by atoms with van der Waals surface area (Å²) in [6, 6.07) is 0.831. The lowest BCUT2D eigenvalue weighted by Gasteiger charge is -2.53. The molecule has 3 aliphatic rings. The van der Waals surface area contributed by atoms with E-state index in [0.717, 1.165) is 12.6 Å². The maximum Gasteiger partial charge on any atom is 0.0332 e. The van der Waals surface area contributed by atoms with E-state index in [9.17, 15) is 0 Å². The fourth-order valence-corrected chi connectivity index (χ4v) is 4.45. The number of fused-ring (bicyclic) bond motifs is 1. The summed E-state index contributed by atoms with van der Waals surface area (Å²) < 4.78 is 0. The highest BCUT2D eigenvalue weighted by atomic mass is 15.3. The quantitative estimate of drug-likeness (QED) is 0.812. The van der Waals surface area contributed by atoms with Crippen molar-refractivity contribution < 1.29 is 0 Å². The van der Waals surface area contributed by atoms with E-state index in [2.05, 4.69) is 9.80 Å². The summed E-state index contributed by atoms with van der Waals surface area (Å²) in [7, 11) is 0. The van der Waals surface area contributed by atoms with Crippen LogP contribution in [0.15, 0.2) is 0 Å². The van der Waals surface area contributed by atoms with E-state index in [0.29, 0.717) is 5.54 Å². The van der Waals surface area contributed by atoms with Gasteiger partial charge in [0.25, 0.3) is 0 Å². The van der Waals surface area contributed by atoms with Gasteiger partial charge in [0.05, 0.1) is 0 Å². The molecule has 0 spiro atoms. The number of hydrogen-bond donors (Lipinski definition) is 1.